The first-order chi connectivity index (χ1) is 10.0. The minimum absolute atomic E-state index is 0.189. The van der Waals surface area contributed by atoms with E-state index in [4.69, 9.17) is 5.11 Å². The van der Waals surface area contributed by atoms with Crippen molar-refractivity contribution in [2.75, 3.05) is 0 Å². The number of carbonyl (C=O) groups excluding carboxylic acids is 1. The molecule has 2 aromatic rings. The molecular weight excluding hydrogens is 294 g/mol. The third kappa shape index (κ3) is 4.88. The van der Waals surface area contributed by atoms with Crippen molar-refractivity contribution in [2.24, 2.45) is 0 Å². The van der Waals surface area contributed by atoms with Crippen LogP contribution in [0.2, 0.25) is 0 Å². The van der Waals surface area contributed by atoms with E-state index < -0.39 is 5.97 Å². The number of carboxylic acid groups (broad SMARTS) is 1. The third-order valence-electron chi connectivity index (χ3n) is 2.53. The number of hydrogen-bond donors (Lipinski definition) is 3. The molecule has 3 N–H and O–H groups in total. The first kappa shape index (κ1) is 15.0. The molecule has 0 aliphatic heterocycles. The lowest BCUT2D eigenvalue weighted by Gasteiger charge is -2.04. The second kappa shape index (κ2) is 6.84. The number of aryl methyl sites for hydroxylation is 1. The Labute approximate surface area is 124 Å². The Morgan fingerprint density at radius 1 is 1.33 bits per heavy atom. The zero-order valence-corrected chi connectivity index (χ0v) is 12.2. The van der Waals surface area contributed by atoms with E-state index in [9.17, 15) is 9.59 Å². The second-order valence-electron chi connectivity index (χ2n) is 4.35. The highest BCUT2D eigenvalue weighted by molar-refractivity contribution is 7.11. The number of aliphatic carboxylic acids is 1. The van der Waals surface area contributed by atoms with Crippen LogP contribution in [0, 0.1) is 6.92 Å². The number of rotatable bonds is 6. The maximum atomic E-state index is 11.6. The lowest BCUT2D eigenvalue weighted by molar-refractivity contribution is -0.137. The SMILES string of the molecule is Cc1ccc(CNC(=O)NCc2cn(CC(=O)O)nn2)s1. The van der Waals surface area contributed by atoms with Gasteiger partial charge in [-0.25, -0.2) is 9.48 Å². The number of carbonyl (C=O) groups is 2. The van der Waals surface area contributed by atoms with Gasteiger partial charge in [0, 0.05) is 9.75 Å². The highest BCUT2D eigenvalue weighted by atomic mass is 32.1. The van der Waals surface area contributed by atoms with Crippen molar-refractivity contribution in [1.29, 1.82) is 0 Å². The quantitative estimate of drug-likeness (QED) is 0.729. The van der Waals surface area contributed by atoms with Gasteiger partial charge in [0.1, 0.15) is 12.2 Å². The smallest absolute Gasteiger partial charge is 0.325 e. The van der Waals surface area contributed by atoms with E-state index in [-0.39, 0.29) is 19.1 Å². The number of urea groups is 1. The normalized spacial score (nSPS) is 10.3. The average Bonchev–Trinajstić information content (AvgIpc) is 3.02. The molecule has 0 aliphatic rings. The number of hydrogen-bond acceptors (Lipinski definition) is 5. The number of aromatic nitrogens is 3. The summed E-state index contributed by atoms with van der Waals surface area (Å²) in [6.07, 6.45) is 1.48. The molecule has 0 aliphatic carbocycles. The maximum absolute atomic E-state index is 11.6. The van der Waals surface area contributed by atoms with Gasteiger partial charge in [0.05, 0.1) is 19.3 Å². The standard InChI is InChI=1S/C12H15N5O3S/c1-8-2-3-10(21-8)5-14-12(20)13-4-9-6-17(16-15-9)7-11(18)19/h2-3,6H,4-5,7H2,1H3,(H,18,19)(H2,13,14,20). The number of nitrogens with one attached hydrogen (secondary N) is 2. The minimum atomic E-state index is -0.997. The highest BCUT2D eigenvalue weighted by Crippen LogP contribution is 2.14. The monoisotopic (exact) mass is 309 g/mol. The summed E-state index contributed by atoms with van der Waals surface area (Å²) in [6, 6.07) is 3.66. The van der Waals surface area contributed by atoms with E-state index >= 15 is 0 Å². The lowest BCUT2D eigenvalue weighted by atomic mass is 10.4. The summed E-state index contributed by atoms with van der Waals surface area (Å²) in [7, 11) is 0. The Kier molecular flexibility index (Phi) is 4.88. The molecule has 2 amide bonds. The van der Waals surface area contributed by atoms with Crippen LogP contribution < -0.4 is 10.6 Å². The first-order valence-electron chi connectivity index (χ1n) is 6.21. The molecule has 0 fully saturated rings. The summed E-state index contributed by atoms with van der Waals surface area (Å²) in [5.41, 5.74) is 0.498. The molecule has 9 heteroatoms. The molecular formula is C12H15N5O3S. The Morgan fingerprint density at radius 3 is 2.76 bits per heavy atom. The van der Waals surface area contributed by atoms with Crippen LogP contribution >= 0.6 is 11.3 Å². The molecule has 8 nitrogen and oxygen atoms in total. The topological polar surface area (TPSA) is 109 Å². The fourth-order valence-corrected chi connectivity index (χ4v) is 2.45. The van der Waals surface area contributed by atoms with Gasteiger partial charge in [-0.15, -0.1) is 16.4 Å². The van der Waals surface area contributed by atoms with Crippen molar-refractivity contribution in [3.05, 3.63) is 33.8 Å². The average molecular weight is 309 g/mol. The number of carboxylic acids is 1. The van der Waals surface area contributed by atoms with Crippen LogP contribution in [0.25, 0.3) is 0 Å². The van der Waals surface area contributed by atoms with Gasteiger partial charge < -0.3 is 15.7 Å². The molecule has 0 saturated carbocycles. The molecule has 21 heavy (non-hydrogen) atoms. The van der Waals surface area contributed by atoms with E-state index in [0.717, 1.165) is 4.88 Å². The summed E-state index contributed by atoms with van der Waals surface area (Å²) in [5.74, 6) is -0.997. The summed E-state index contributed by atoms with van der Waals surface area (Å²) in [5, 5.41) is 21.4. The molecule has 0 radical (unpaired) electrons. The van der Waals surface area contributed by atoms with Crippen molar-refractivity contribution in [3.63, 3.8) is 0 Å². The van der Waals surface area contributed by atoms with Crippen molar-refractivity contribution in [1.82, 2.24) is 25.6 Å². The van der Waals surface area contributed by atoms with Gasteiger partial charge in [0.15, 0.2) is 0 Å². The Balaban J connectivity index is 1.73. The van der Waals surface area contributed by atoms with Gasteiger partial charge in [-0.1, -0.05) is 5.21 Å². The van der Waals surface area contributed by atoms with Crippen molar-refractivity contribution >= 4 is 23.3 Å². The van der Waals surface area contributed by atoms with E-state index in [1.165, 1.54) is 15.8 Å². The first-order valence-corrected chi connectivity index (χ1v) is 7.02. The molecule has 0 aromatic carbocycles. The van der Waals surface area contributed by atoms with Crippen LogP contribution in [0.15, 0.2) is 18.3 Å². The number of amides is 2. The van der Waals surface area contributed by atoms with E-state index in [0.29, 0.717) is 12.2 Å². The zero-order chi connectivity index (χ0) is 15.2. The van der Waals surface area contributed by atoms with Crippen LogP contribution in [0.4, 0.5) is 4.79 Å². The van der Waals surface area contributed by atoms with Crippen LogP contribution in [0.1, 0.15) is 15.4 Å². The van der Waals surface area contributed by atoms with Crippen LogP contribution in [0.5, 0.6) is 0 Å². The molecule has 2 rings (SSSR count). The molecule has 0 atom stereocenters. The zero-order valence-electron chi connectivity index (χ0n) is 11.4. The molecule has 0 saturated heterocycles. The number of thiophene rings is 1. The van der Waals surface area contributed by atoms with Gasteiger partial charge in [-0.3, -0.25) is 4.79 Å². The van der Waals surface area contributed by atoms with Gasteiger partial charge in [-0.05, 0) is 19.1 Å². The fourth-order valence-electron chi connectivity index (χ4n) is 1.62. The summed E-state index contributed by atoms with van der Waals surface area (Å²) in [6.45, 7) is 2.41. The van der Waals surface area contributed by atoms with Gasteiger partial charge in [-0.2, -0.15) is 0 Å². The van der Waals surface area contributed by atoms with Crippen molar-refractivity contribution < 1.29 is 14.7 Å². The summed E-state index contributed by atoms with van der Waals surface area (Å²) < 4.78 is 1.20. The van der Waals surface area contributed by atoms with Gasteiger partial charge in [0.25, 0.3) is 0 Å². The number of nitrogens with zero attached hydrogens (tertiary/aromatic N) is 3. The summed E-state index contributed by atoms with van der Waals surface area (Å²) in [4.78, 5) is 24.4. The van der Waals surface area contributed by atoms with Crippen LogP contribution in [-0.4, -0.2) is 32.1 Å². The molecule has 0 spiro atoms. The summed E-state index contributed by atoms with van der Waals surface area (Å²) >= 11 is 1.63. The Hall–Kier alpha value is -2.42. The van der Waals surface area contributed by atoms with Crippen molar-refractivity contribution in [3.8, 4) is 0 Å². The van der Waals surface area contributed by atoms with Crippen molar-refractivity contribution in [2.45, 2.75) is 26.6 Å². The third-order valence-corrected chi connectivity index (χ3v) is 3.53. The Morgan fingerprint density at radius 2 is 2.10 bits per heavy atom. The maximum Gasteiger partial charge on any atom is 0.325 e. The highest BCUT2D eigenvalue weighted by Gasteiger charge is 2.06. The predicted octanol–water partition coefficient (Wildman–Crippen LogP) is 0.732. The van der Waals surface area contributed by atoms with E-state index in [1.807, 2.05) is 19.1 Å². The minimum Gasteiger partial charge on any atom is -0.480 e. The molecule has 2 aromatic heterocycles. The Bertz CT molecular complexity index is 636. The molecule has 0 bridgehead atoms. The van der Waals surface area contributed by atoms with E-state index in [1.54, 1.807) is 11.3 Å². The molecule has 0 unspecified atom stereocenters. The fraction of sp³-hybridized carbons (Fsp3) is 0.333. The molecule has 112 valence electrons. The lowest BCUT2D eigenvalue weighted by Crippen LogP contribution is -2.34. The van der Waals surface area contributed by atoms with E-state index in [2.05, 4.69) is 20.9 Å². The largest absolute Gasteiger partial charge is 0.480 e. The van der Waals surface area contributed by atoms with Crippen LogP contribution in [-0.2, 0) is 24.4 Å². The van der Waals surface area contributed by atoms with Crippen LogP contribution in [0.3, 0.4) is 0 Å². The molecule has 2 heterocycles. The van der Waals surface area contributed by atoms with Gasteiger partial charge >= 0.3 is 12.0 Å². The second-order valence-corrected chi connectivity index (χ2v) is 5.72. The van der Waals surface area contributed by atoms with Gasteiger partial charge in [0.2, 0.25) is 0 Å². The predicted molar refractivity (Wildman–Crippen MR) is 75.8 cm³/mol.